The molecule has 2 aromatic rings. The van der Waals surface area contributed by atoms with Gasteiger partial charge < -0.3 is 15.1 Å². The first kappa shape index (κ1) is 15.8. The molecule has 2 N–H and O–H groups in total. The van der Waals surface area contributed by atoms with Gasteiger partial charge in [-0.2, -0.15) is 0 Å². The van der Waals surface area contributed by atoms with Crippen LogP contribution < -0.4 is 10.6 Å². The summed E-state index contributed by atoms with van der Waals surface area (Å²) in [6.45, 7) is 2.94. The lowest BCUT2D eigenvalue weighted by Crippen LogP contribution is -2.41. The van der Waals surface area contributed by atoms with Crippen molar-refractivity contribution in [2.24, 2.45) is 0 Å². The fourth-order valence-electron chi connectivity index (χ4n) is 2.58. The van der Waals surface area contributed by atoms with Crippen LogP contribution in [-0.2, 0) is 15.1 Å². The van der Waals surface area contributed by atoms with Crippen LogP contribution in [0.4, 0.5) is 10.5 Å². The highest BCUT2D eigenvalue weighted by atomic mass is 16.3. The highest BCUT2D eigenvalue weighted by Gasteiger charge is 2.51. The van der Waals surface area contributed by atoms with E-state index in [1.165, 1.54) is 0 Å². The summed E-state index contributed by atoms with van der Waals surface area (Å²) in [6.07, 6.45) is 0. The Labute approximate surface area is 138 Å². The van der Waals surface area contributed by atoms with Gasteiger partial charge in [0.1, 0.15) is 18.1 Å². The Kier molecular flexibility index (Phi) is 3.84. The third kappa shape index (κ3) is 2.76. The third-order valence-electron chi connectivity index (χ3n) is 3.87. The molecule has 0 radical (unpaired) electrons. The summed E-state index contributed by atoms with van der Waals surface area (Å²) in [6, 6.07) is 11.5. The second-order valence-corrected chi connectivity index (χ2v) is 5.77. The zero-order valence-electron chi connectivity index (χ0n) is 13.3. The molecule has 24 heavy (non-hydrogen) atoms. The number of carbonyl (C=O) groups is 3. The standard InChI is InChI=1S/C17H17N3O4/c1-11-8-9-13(24-11)17(2)15(22)20(16(23)19-17)10-14(21)18-12-6-4-3-5-7-12/h3-9H,10H2,1-2H3,(H,18,21)(H,19,23)/t17-/m0/s1. The van der Waals surface area contributed by atoms with Gasteiger partial charge in [-0.15, -0.1) is 0 Å². The van der Waals surface area contributed by atoms with Gasteiger partial charge in [0.05, 0.1) is 0 Å². The van der Waals surface area contributed by atoms with Crippen molar-refractivity contribution in [3.63, 3.8) is 0 Å². The molecule has 1 aliphatic heterocycles. The molecule has 124 valence electrons. The van der Waals surface area contributed by atoms with Gasteiger partial charge in [0.2, 0.25) is 5.91 Å². The maximum Gasteiger partial charge on any atom is 0.325 e. The van der Waals surface area contributed by atoms with Crippen LogP contribution in [-0.4, -0.2) is 29.3 Å². The number of amides is 4. The summed E-state index contributed by atoms with van der Waals surface area (Å²) in [4.78, 5) is 37.8. The average Bonchev–Trinajstić information content (AvgIpc) is 3.07. The number of imide groups is 1. The zero-order chi connectivity index (χ0) is 17.3. The zero-order valence-corrected chi connectivity index (χ0v) is 13.3. The van der Waals surface area contributed by atoms with Crippen LogP contribution in [0.15, 0.2) is 46.9 Å². The lowest BCUT2D eigenvalue weighted by atomic mass is 9.99. The smallest absolute Gasteiger partial charge is 0.325 e. The molecule has 1 fully saturated rings. The summed E-state index contributed by atoms with van der Waals surface area (Å²) in [5, 5.41) is 5.24. The van der Waals surface area contributed by atoms with Crippen LogP contribution in [0.25, 0.3) is 0 Å². The van der Waals surface area contributed by atoms with Crippen molar-refractivity contribution < 1.29 is 18.8 Å². The van der Waals surface area contributed by atoms with Crippen molar-refractivity contribution in [3.8, 4) is 0 Å². The molecule has 1 aromatic heterocycles. The highest BCUT2D eigenvalue weighted by molar-refractivity contribution is 6.10. The number of hydrogen-bond donors (Lipinski definition) is 2. The minimum absolute atomic E-state index is 0.337. The van der Waals surface area contributed by atoms with Gasteiger partial charge in [0.25, 0.3) is 5.91 Å². The minimum atomic E-state index is -1.31. The summed E-state index contributed by atoms with van der Waals surface area (Å²) >= 11 is 0. The summed E-state index contributed by atoms with van der Waals surface area (Å²) < 4.78 is 5.48. The molecule has 0 spiro atoms. The normalized spacial score (nSPS) is 20.2. The molecule has 2 heterocycles. The molecule has 1 saturated heterocycles. The number of urea groups is 1. The Morgan fingerprint density at radius 3 is 2.54 bits per heavy atom. The molecule has 4 amide bonds. The highest BCUT2D eigenvalue weighted by Crippen LogP contribution is 2.30. The van der Waals surface area contributed by atoms with Gasteiger partial charge in [-0.1, -0.05) is 18.2 Å². The third-order valence-corrected chi connectivity index (χ3v) is 3.87. The number of rotatable bonds is 4. The van der Waals surface area contributed by atoms with Gasteiger partial charge in [-0.3, -0.25) is 14.5 Å². The second-order valence-electron chi connectivity index (χ2n) is 5.77. The number of nitrogens with one attached hydrogen (secondary N) is 2. The molecule has 0 unspecified atom stereocenters. The molecule has 0 bridgehead atoms. The maximum atomic E-state index is 12.6. The van der Waals surface area contributed by atoms with Crippen molar-refractivity contribution in [2.45, 2.75) is 19.4 Å². The topological polar surface area (TPSA) is 91.7 Å². The van der Waals surface area contributed by atoms with Gasteiger partial charge in [-0.05, 0) is 38.1 Å². The largest absolute Gasteiger partial charge is 0.463 e. The number of nitrogens with zero attached hydrogens (tertiary/aromatic N) is 1. The molecule has 3 rings (SSSR count). The summed E-state index contributed by atoms with van der Waals surface area (Å²) in [7, 11) is 0. The van der Waals surface area contributed by atoms with E-state index < -0.39 is 23.4 Å². The molecular weight excluding hydrogens is 310 g/mol. The Balaban J connectivity index is 1.74. The predicted octanol–water partition coefficient (Wildman–Crippen LogP) is 1.99. The van der Waals surface area contributed by atoms with Crippen LogP contribution >= 0.6 is 0 Å². The first-order chi connectivity index (χ1) is 11.4. The number of anilines is 1. The number of carbonyl (C=O) groups excluding carboxylic acids is 3. The van der Waals surface area contributed by atoms with E-state index in [0.29, 0.717) is 17.2 Å². The van der Waals surface area contributed by atoms with Crippen LogP contribution in [0.3, 0.4) is 0 Å². The Morgan fingerprint density at radius 1 is 1.21 bits per heavy atom. The first-order valence-electron chi connectivity index (χ1n) is 7.46. The van der Waals surface area contributed by atoms with Crippen molar-refractivity contribution in [1.82, 2.24) is 10.2 Å². The number of hydrogen-bond acceptors (Lipinski definition) is 4. The molecule has 0 saturated carbocycles. The van der Waals surface area contributed by atoms with E-state index in [0.717, 1.165) is 4.90 Å². The lowest BCUT2D eigenvalue weighted by molar-refractivity contribution is -0.134. The van der Waals surface area contributed by atoms with E-state index in [1.54, 1.807) is 50.2 Å². The molecular formula is C17H17N3O4. The van der Waals surface area contributed by atoms with Crippen molar-refractivity contribution in [1.29, 1.82) is 0 Å². The predicted molar refractivity (Wildman–Crippen MR) is 86.1 cm³/mol. The van der Waals surface area contributed by atoms with Crippen LogP contribution in [0.5, 0.6) is 0 Å². The molecule has 1 aliphatic rings. The molecule has 0 aliphatic carbocycles. The average molecular weight is 327 g/mol. The minimum Gasteiger partial charge on any atom is -0.463 e. The van der Waals surface area contributed by atoms with Crippen LogP contribution in [0, 0.1) is 6.92 Å². The Bertz CT molecular complexity index is 799. The monoisotopic (exact) mass is 327 g/mol. The van der Waals surface area contributed by atoms with E-state index in [1.807, 2.05) is 6.07 Å². The molecule has 1 aromatic carbocycles. The Morgan fingerprint density at radius 2 is 1.92 bits per heavy atom. The molecule has 1 atom stereocenters. The number of aryl methyl sites for hydroxylation is 1. The summed E-state index contributed by atoms with van der Waals surface area (Å²) in [5.74, 6) is -0.00695. The van der Waals surface area contributed by atoms with Gasteiger partial charge in [-0.25, -0.2) is 4.79 Å². The van der Waals surface area contributed by atoms with Gasteiger partial charge >= 0.3 is 6.03 Å². The van der Waals surface area contributed by atoms with Crippen LogP contribution in [0.1, 0.15) is 18.4 Å². The van der Waals surface area contributed by atoms with Crippen molar-refractivity contribution in [2.75, 3.05) is 11.9 Å². The fourth-order valence-corrected chi connectivity index (χ4v) is 2.58. The van der Waals surface area contributed by atoms with Crippen LogP contribution in [0.2, 0.25) is 0 Å². The van der Waals surface area contributed by atoms with Gasteiger partial charge in [0, 0.05) is 5.69 Å². The second kappa shape index (κ2) is 5.84. The fraction of sp³-hybridized carbons (Fsp3) is 0.235. The van der Waals surface area contributed by atoms with Gasteiger partial charge in [0.15, 0.2) is 5.54 Å². The first-order valence-corrected chi connectivity index (χ1v) is 7.46. The number of furan rings is 1. The van der Waals surface area contributed by atoms with Crippen molar-refractivity contribution >= 4 is 23.5 Å². The SMILES string of the molecule is Cc1ccc([C@]2(C)NC(=O)N(CC(=O)Nc3ccccc3)C2=O)o1. The van der Waals surface area contributed by atoms with E-state index >= 15 is 0 Å². The van der Waals surface area contributed by atoms with E-state index in [4.69, 9.17) is 4.42 Å². The molecule has 7 heteroatoms. The lowest BCUT2D eigenvalue weighted by Gasteiger charge is -2.19. The van der Waals surface area contributed by atoms with E-state index in [-0.39, 0.29) is 6.54 Å². The van der Waals surface area contributed by atoms with E-state index in [2.05, 4.69) is 10.6 Å². The Hall–Kier alpha value is -3.09. The van der Waals surface area contributed by atoms with E-state index in [9.17, 15) is 14.4 Å². The number of benzene rings is 1. The summed E-state index contributed by atoms with van der Waals surface area (Å²) in [5.41, 5.74) is -0.711. The quantitative estimate of drug-likeness (QED) is 0.840. The number of para-hydroxylation sites is 1. The van der Waals surface area contributed by atoms with Crippen molar-refractivity contribution in [3.05, 3.63) is 54.0 Å². The molecule has 7 nitrogen and oxygen atoms in total. The maximum absolute atomic E-state index is 12.6.